The van der Waals surface area contributed by atoms with Crippen LogP contribution in [-0.4, -0.2) is 6.54 Å². The summed E-state index contributed by atoms with van der Waals surface area (Å²) in [4.78, 5) is 3.67. The Morgan fingerprint density at radius 3 is 2.62 bits per heavy atom. The normalized spacial score (nSPS) is 19.0. The average molecular weight is 278 g/mol. The van der Waals surface area contributed by atoms with Gasteiger partial charge in [0.15, 0.2) is 0 Å². The topological polar surface area (TPSA) is 4.36 Å². The first-order chi connectivity index (χ1) is 7.77. The number of hydrogen-bond donors (Lipinski definition) is 0. The molecule has 0 saturated heterocycles. The molecule has 0 amide bonds. The van der Waals surface area contributed by atoms with Gasteiger partial charge in [-0.15, -0.1) is 0 Å². The van der Waals surface area contributed by atoms with Gasteiger partial charge < -0.3 is 4.85 Å². The molecule has 1 saturated carbocycles. The Balaban J connectivity index is 2.35. The highest BCUT2D eigenvalue weighted by Crippen LogP contribution is 2.40. The standard InChI is InChI=1S/C14H16BrN/c1-16-11-14(8-3-2-4-9-14)12-6-5-7-13(15)10-12/h5-7,10H,2-4,8-9,11H2. The van der Waals surface area contributed by atoms with Gasteiger partial charge in [0.25, 0.3) is 0 Å². The molecule has 84 valence electrons. The fourth-order valence-electron chi connectivity index (χ4n) is 2.74. The van der Waals surface area contributed by atoms with Crippen LogP contribution >= 0.6 is 15.9 Å². The van der Waals surface area contributed by atoms with Gasteiger partial charge in [0, 0.05) is 4.47 Å². The second-order valence-electron chi connectivity index (χ2n) is 4.67. The van der Waals surface area contributed by atoms with Crippen molar-refractivity contribution in [1.82, 2.24) is 0 Å². The second-order valence-corrected chi connectivity index (χ2v) is 5.58. The quantitative estimate of drug-likeness (QED) is 0.698. The number of halogens is 1. The van der Waals surface area contributed by atoms with Gasteiger partial charge in [-0.3, -0.25) is 0 Å². The monoisotopic (exact) mass is 277 g/mol. The molecule has 2 heteroatoms. The van der Waals surface area contributed by atoms with E-state index in [9.17, 15) is 0 Å². The van der Waals surface area contributed by atoms with Crippen LogP contribution in [0.25, 0.3) is 4.85 Å². The first-order valence-corrected chi connectivity index (χ1v) is 6.65. The van der Waals surface area contributed by atoms with E-state index >= 15 is 0 Å². The largest absolute Gasteiger partial charge is 0.316 e. The Morgan fingerprint density at radius 1 is 1.25 bits per heavy atom. The molecule has 0 aliphatic heterocycles. The van der Waals surface area contributed by atoms with Crippen molar-refractivity contribution in [3.63, 3.8) is 0 Å². The van der Waals surface area contributed by atoms with Crippen LogP contribution in [0.5, 0.6) is 0 Å². The summed E-state index contributed by atoms with van der Waals surface area (Å²) < 4.78 is 1.12. The highest BCUT2D eigenvalue weighted by Gasteiger charge is 2.37. The Hall–Kier alpha value is -0.810. The number of benzene rings is 1. The van der Waals surface area contributed by atoms with Crippen LogP contribution in [0.15, 0.2) is 28.7 Å². The minimum atomic E-state index is 0.129. The third-order valence-electron chi connectivity index (χ3n) is 3.63. The van der Waals surface area contributed by atoms with Gasteiger partial charge in [-0.2, -0.15) is 0 Å². The van der Waals surface area contributed by atoms with Crippen molar-refractivity contribution in [3.8, 4) is 0 Å². The van der Waals surface area contributed by atoms with Crippen molar-refractivity contribution in [1.29, 1.82) is 0 Å². The Kier molecular flexibility index (Phi) is 3.66. The maximum atomic E-state index is 7.18. The van der Waals surface area contributed by atoms with Crippen molar-refractivity contribution >= 4 is 15.9 Å². The molecule has 1 aliphatic rings. The summed E-state index contributed by atoms with van der Waals surface area (Å²) in [6.45, 7) is 7.82. The van der Waals surface area contributed by atoms with Gasteiger partial charge in [0.1, 0.15) is 0 Å². The molecule has 0 heterocycles. The lowest BCUT2D eigenvalue weighted by Gasteiger charge is -2.33. The summed E-state index contributed by atoms with van der Waals surface area (Å²) in [6.07, 6.45) is 6.20. The highest BCUT2D eigenvalue weighted by molar-refractivity contribution is 9.10. The zero-order chi connectivity index (χ0) is 11.4. The van der Waals surface area contributed by atoms with Crippen LogP contribution < -0.4 is 0 Å². The van der Waals surface area contributed by atoms with Crippen LogP contribution in [0.4, 0.5) is 0 Å². The minimum absolute atomic E-state index is 0.129. The van der Waals surface area contributed by atoms with Crippen molar-refractivity contribution in [2.24, 2.45) is 0 Å². The van der Waals surface area contributed by atoms with E-state index < -0.39 is 0 Å². The molecule has 2 rings (SSSR count). The lowest BCUT2D eigenvalue weighted by Crippen LogP contribution is -2.31. The molecule has 0 atom stereocenters. The molecular formula is C14H16BrN. The molecular weight excluding hydrogens is 262 g/mol. The van der Waals surface area contributed by atoms with E-state index in [1.807, 2.05) is 0 Å². The molecule has 0 N–H and O–H groups in total. The third-order valence-corrected chi connectivity index (χ3v) is 4.12. The summed E-state index contributed by atoms with van der Waals surface area (Å²) in [7, 11) is 0. The van der Waals surface area contributed by atoms with Gasteiger partial charge in [0.05, 0.1) is 5.41 Å². The molecule has 0 bridgehead atoms. The summed E-state index contributed by atoms with van der Waals surface area (Å²) in [5.41, 5.74) is 1.47. The lowest BCUT2D eigenvalue weighted by molar-refractivity contribution is 0.313. The van der Waals surface area contributed by atoms with E-state index in [-0.39, 0.29) is 5.41 Å². The van der Waals surface area contributed by atoms with E-state index in [4.69, 9.17) is 6.57 Å². The van der Waals surface area contributed by atoms with E-state index in [1.54, 1.807) is 0 Å². The average Bonchev–Trinajstić information content (AvgIpc) is 2.31. The number of rotatable bonds is 2. The molecule has 16 heavy (non-hydrogen) atoms. The molecule has 1 fully saturated rings. The molecule has 0 spiro atoms. The van der Waals surface area contributed by atoms with Crippen LogP contribution in [0.1, 0.15) is 37.7 Å². The third kappa shape index (κ3) is 2.30. The first kappa shape index (κ1) is 11.7. The van der Waals surface area contributed by atoms with Crippen molar-refractivity contribution in [2.45, 2.75) is 37.5 Å². The van der Waals surface area contributed by atoms with E-state index in [0.717, 1.165) is 4.47 Å². The van der Waals surface area contributed by atoms with E-state index in [1.165, 1.54) is 37.7 Å². The smallest absolute Gasteiger partial charge is 0.224 e. The SMILES string of the molecule is [C-]#[N+]CC1(c2cccc(Br)c2)CCCCC1. The van der Waals surface area contributed by atoms with Gasteiger partial charge in [-0.05, 0) is 30.5 Å². The van der Waals surface area contributed by atoms with Crippen LogP contribution in [0.3, 0.4) is 0 Å². The fourth-order valence-corrected chi connectivity index (χ4v) is 3.14. The summed E-state index contributed by atoms with van der Waals surface area (Å²) in [5, 5.41) is 0. The van der Waals surface area contributed by atoms with Gasteiger partial charge >= 0.3 is 0 Å². The summed E-state index contributed by atoms with van der Waals surface area (Å²) in [5.74, 6) is 0. The fraction of sp³-hybridized carbons (Fsp3) is 0.500. The predicted octanol–water partition coefficient (Wildman–Crippen LogP) is 4.57. The van der Waals surface area contributed by atoms with Gasteiger partial charge in [0.2, 0.25) is 6.54 Å². The highest BCUT2D eigenvalue weighted by atomic mass is 79.9. The summed E-state index contributed by atoms with van der Waals surface area (Å²) >= 11 is 3.53. The molecule has 1 nitrogen and oxygen atoms in total. The zero-order valence-electron chi connectivity index (χ0n) is 9.38. The van der Waals surface area contributed by atoms with Crippen molar-refractivity contribution in [3.05, 3.63) is 45.7 Å². The van der Waals surface area contributed by atoms with E-state index in [2.05, 4.69) is 45.0 Å². The maximum Gasteiger partial charge on any atom is 0.224 e. The van der Waals surface area contributed by atoms with Crippen LogP contribution in [-0.2, 0) is 5.41 Å². The minimum Gasteiger partial charge on any atom is -0.316 e. The van der Waals surface area contributed by atoms with Crippen molar-refractivity contribution < 1.29 is 0 Å². The van der Waals surface area contributed by atoms with Gasteiger partial charge in [-0.25, -0.2) is 6.57 Å². The van der Waals surface area contributed by atoms with Crippen LogP contribution in [0.2, 0.25) is 0 Å². The maximum absolute atomic E-state index is 7.18. The van der Waals surface area contributed by atoms with E-state index in [0.29, 0.717) is 6.54 Å². The lowest BCUT2D eigenvalue weighted by atomic mass is 9.69. The Morgan fingerprint density at radius 2 is 2.00 bits per heavy atom. The Labute approximate surface area is 106 Å². The number of hydrogen-bond acceptors (Lipinski definition) is 0. The molecule has 0 aromatic heterocycles. The van der Waals surface area contributed by atoms with Crippen molar-refractivity contribution in [2.75, 3.05) is 6.54 Å². The molecule has 1 aromatic carbocycles. The Bertz CT molecular complexity index is 399. The second kappa shape index (κ2) is 5.01. The predicted molar refractivity (Wildman–Crippen MR) is 70.4 cm³/mol. The molecule has 0 radical (unpaired) electrons. The molecule has 1 aromatic rings. The van der Waals surface area contributed by atoms with Crippen LogP contribution in [0, 0.1) is 6.57 Å². The summed E-state index contributed by atoms with van der Waals surface area (Å²) in [6, 6.07) is 8.51. The zero-order valence-corrected chi connectivity index (χ0v) is 11.0. The molecule has 0 unspecified atom stereocenters. The first-order valence-electron chi connectivity index (χ1n) is 5.86. The van der Waals surface area contributed by atoms with Gasteiger partial charge in [-0.1, -0.05) is 47.3 Å². The number of nitrogens with zero attached hydrogens (tertiary/aromatic N) is 1. The molecule has 1 aliphatic carbocycles.